The Morgan fingerprint density at radius 3 is 2.81 bits per heavy atom. The van der Waals surface area contributed by atoms with Crippen LogP contribution in [0.25, 0.3) is 11.3 Å². The summed E-state index contributed by atoms with van der Waals surface area (Å²) in [5, 5.41) is 2.83. The van der Waals surface area contributed by atoms with E-state index >= 15 is 0 Å². The van der Waals surface area contributed by atoms with Crippen LogP contribution in [0.3, 0.4) is 0 Å². The van der Waals surface area contributed by atoms with Gasteiger partial charge in [0, 0.05) is 24.9 Å². The molecule has 1 heterocycles. The second-order valence-corrected chi connectivity index (χ2v) is 4.83. The number of oxazole rings is 1. The van der Waals surface area contributed by atoms with E-state index in [-0.39, 0.29) is 5.91 Å². The lowest BCUT2D eigenvalue weighted by Crippen LogP contribution is -2.25. The van der Waals surface area contributed by atoms with Gasteiger partial charge in [-0.2, -0.15) is 0 Å². The van der Waals surface area contributed by atoms with Crippen molar-refractivity contribution in [1.29, 1.82) is 0 Å². The minimum atomic E-state index is 0.0540. The smallest absolute Gasteiger partial charge is 0.220 e. The highest BCUT2D eigenvalue weighted by Crippen LogP contribution is 2.20. The zero-order chi connectivity index (χ0) is 14.9. The van der Waals surface area contributed by atoms with Gasteiger partial charge in [-0.15, -0.1) is 0 Å². The van der Waals surface area contributed by atoms with E-state index in [1.54, 1.807) is 6.20 Å². The number of rotatable bonds is 8. The molecule has 0 aliphatic rings. The SMILES string of the molecule is NCCCNC(=O)CCCc1ncc(-c2ccccc2)o1. The molecule has 1 aromatic heterocycles. The molecule has 2 aromatic rings. The summed E-state index contributed by atoms with van der Waals surface area (Å²) in [6, 6.07) is 9.85. The molecule has 0 aliphatic carbocycles. The van der Waals surface area contributed by atoms with Crippen LogP contribution in [-0.2, 0) is 11.2 Å². The summed E-state index contributed by atoms with van der Waals surface area (Å²) in [6.45, 7) is 1.24. The maximum absolute atomic E-state index is 11.5. The highest BCUT2D eigenvalue weighted by molar-refractivity contribution is 5.75. The van der Waals surface area contributed by atoms with Gasteiger partial charge in [-0.3, -0.25) is 4.79 Å². The van der Waals surface area contributed by atoms with Crippen LogP contribution in [0, 0.1) is 0 Å². The normalized spacial score (nSPS) is 10.5. The monoisotopic (exact) mass is 287 g/mol. The van der Waals surface area contributed by atoms with Gasteiger partial charge < -0.3 is 15.5 Å². The molecule has 0 atom stereocenters. The second kappa shape index (κ2) is 8.21. The molecule has 0 fully saturated rings. The van der Waals surface area contributed by atoms with Crippen LogP contribution in [0.5, 0.6) is 0 Å². The van der Waals surface area contributed by atoms with Crippen LogP contribution in [0.15, 0.2) is 40.9 Å². The number of nitrogens with one attached hydrogen (secondary N) is 1. The molecule has 0 unspecified atom stereocenters. The lowest BCUT2D eigenvalue weighted by Gasteiger charge is -2.02. The molecule has 3 N–H and O–H groups in total. The van der Waals surface area contributed by atoms with E-state index in [1.165, 1.54) is 0 Å². The van der Waals surface area contributed by atoms with Crippen molar-refractivity contribution < 1.29 is 9.21 Å². The molecule has 0 saturated heterocycles. The summed E-state index contributed by atoms with van der Waals surface area (Å²) in [5.41, 5.74) is 6.38. The number of nitrogens with two attached hydrogens (primary N) is 1. The number of carbonyl (C=O) groups is 1. The molecule has 112 valence electrons. The van der Waals surface area contributed by atoms with Crippen molar-refractivity contribution >= 4 is 5.91 Å². The van der Waals surface area contributed by atoms with Crippen molar-refractivity contribution in [3.63, 3.8) is 0 Å². The van der Waals surface area contributed by atoms with Crippen LogP contribution in [0.1, 0.15) is 25.2 Å². The molecular weight excluding hydrogens is 266 g/mol. The third-order valence-electron chi connectivity index (χ3n) is 3.11. The Kier molecular flexibility index (Phi) is 5.97. The number of amides is 1. The average molecular weight is 287 g/mol. The molecule has 0 radical (unpaired) electrons. The molecular formula is C16H21N3O2. The fourth-order valence-corrected chi connectivity index (χ4v) is 1.98. The van der Waals surface area contributed by atoms with E-state index in [0.717, 1.165) is 24.2 Å². The first-order valence-corrected chi connectivity index (χ1v) is 7.26. The Morgan fingerprint density at radius 2 is 2.05 bits per heavy atom. The Morgan fingerprint density at radius 1 is 1.24 bits per heavy atom. The number of hydrogen-bond donors (Lipinski definition) is 2. The third-order valence-corrected chi connectivity index (χ3v) is 3.11. The van der Waals surface area contributed by atoms with Crippen LogP contribution >= 0.6 is 0 Å². The molecule has 0 spiro atoms. The Hall–Kier alpha value is -2.14. The first kappa shape index (κ1) is 15.3. The number of carbonyl (C=O) groups excluding carboxylic acids is 1. The summed E-state index contributed by atoms with van der Waals surface area (Å²) in [6.07, 6.45) is 4.41. The molecule has 0 bridgehead atoms. The van der Waals surface area contributed by atoms with Gasteiger partial charge in [0.25, 0.3) is 0 Å². The highest BCUT2D eigenvalue weighted by atomic mass is 16.4. The van der Waals surface area contributed by atoms with E-state index in [4.69, 9.17) is 10.2 Å². The summed E-state index contributed by atoms with van der Waals surface area (Å²) < 4.78 is 5.69. The van der Waals surface area contributed by atoms with Gasteiger partial charge >= 0.3 is 0 Å². The topological polar surface area (TPSA) is 81.1 Å². The van der Waals surface area contributed by atoms with Crippen molar-refractivity contribution in [1.82, 2.24) is 10.3 Å². The Balaban J connectivity index is 1.75. The van der Waals surface area contributed by atoms with Gasteiger partial charge in [0.05, 0.1) is 6.20 Å². The van der Waals surface area contributed by atoms with Crippen LogP contribution < -0.4 is 11.1 Å². The molecule has 2 rings (SSSR count). The first-order valence-electron chi connectivity index (χ1n) is 7.26. The number of benzene rings is 1. The maximum Gasteiger partial charge on any atom is 0.220 e. The van der Waals surface area contributed by atoms with Crippen molar-refractivity contribution in [2.24, 2.45) is 5.73 Å². The van der Waals surface area contributed by atoms with Gasteiger partial charge in [-0.25, -0.2) is 4.98 Å². The van der Waals surface area contributed by atoms with E-state index in [2.05, 4.69) is 10.3 Å². The lowest BCUT2D eigenvalue weighted by atomic mass is 10.2. The molecule has 5 heteroatoms. The molecule has 5 nitrogen and oxygen atoms in total. The van der Waals surface area contributed by atoms with Gasteiger partial charge in [-0.05, 0) is 19.4 Å². The first-order chi connectivity index (χ1) is 10.3. The predicted octanol–water partition coefficient (Wildman–Crippen LogP) is 2.13. The third kappa shape index (κ3) is 5.04. The van der Waals surface area contributed by atoms with E-state index in [0.29, 0.717) is 31.8 Å². The summed E-state index contributed by atoms with van der Waals surface area (Å²) in [4.78, 5) is 15.8. The highest BCUT2D eigenvalue weighted by Gasteiger charge is 2.07. The number of aromatic nitrogens is 1. The summed E-state index contributed by atoms with van der Waals surface area (Å²) >= 11 is 0. The summed E-state index contributed by atoms with van der Waals surface area (Å²) in [7, 11) is 0. The Bertz CT molecular complexity index is 552. The average Bonchev–Trinajstić information content (AvgIpc) is 2.97. The van der Waals surface area contributed by atoms with E-state index in [1.807, 2.05) is 30.3 Å². The molecule has 1 aromatic carbocycles. The zero-order valence-electron chi connectivity index (χ0n) is 12.0. The van der Waals surface area contributed by atoms with Crippen molar-refractivity contribution in [3.05, 3.63) is 42.4 Å². The van der Waals surface area contributed by atoms with Gasteiger partial charge in [-0.1, -0.05) is 30.3 Å². The van der Waals surface area contributed by atoms with E-state index in [9.17, 15) is 4.79 Å². The van der Waals surface area contributed by atoms with Crippen molar-refractivity contribution in [2.45, 2.75) is 25.7 Å². The maximum atomic E-state index is 11.5. The van der Waals surface area contributed by atoms with Crippen LogP contribution in [0.2, 0.25) is 0 Å². The minimum Gasteiger partial charge on any atom is -0.441 e. The zero-order valence-corrected chi connectivity index (χ0v) is 12.0. The largest absolute Gasteiger partial charge is 0.441 e. The predicted molar refractivity (Wildman–Crippen MR) is 81.6 cm³/mol. The van der Waals surface area contributed by atoms with Gasteiger partial charge in [0.2, 0.25) is 5.91 Å². The minimum absolute atomic E-state index is 0.0540. The lowest BCUT2D eigenvalue weighted by molar-refractivity contribution is -0.121. The molecule has 1 amide bonds. The number of hydrogen-bond acceptors (Lipinski definition) is 4. The summed E-state index contributed by atoms with van der Waals surface area (Å²) in [5.74, 6) is 1.49. The van der Waals surface area contributed by atoms with Crippen molar-refractivity contribution in [2.75, 3.05) is 13.1 Å². The second-order valence-electron chi connectivity index (χ2n) is 4.83. The van der Waals surface area contributed by atoms with E-state index < -0.39 is 0 Å². The molecule has 0 saturated carbocycles. The molecule has 0 aliphatic heterocycles. The van der Waals surface area contributed by atoms with Crippen LogP contribution in [-0.4, -0.2) is 24.0 Å². The van der Waals surface area contributed by atoms with Gasteiger partial charge in [0.1, 0.15) is 0 Å². The Labute approximate surface area is 124 Å². The number of nitrogens with zero attached hydrogens (tertiary/aromatic N) is 1. The fourth-order valence-electron chi connectivity index (χ4n) is 1.98. The number of aryl methyl sites for hydroxylation is 1. The van der Waals surface area contributed by atoms with Crippen molar-refractivity contribution in [3.8, 4) is 11.3 Å². The van der Waals surface area contributed by atoms with Crippen LogP contribution in [0.4, 0.5) is 0 Å². The molecule has 21 heavy (non-hydrogen) atoms. The van der Waals surface area contributed by atoms with Gasteiger partial charge in [0.15, 0.2) is 11.7 Å². The standard InChI is InChI=1S/C16H21N3O2/c17-10-5-11-18-15(20)8-4-9-16-19-12-14(21-16)13-6-2-1-3-7-13/h1-3,6-7,12H,4-5,8-11,17H2,(H,18,20). The quantitative estimate of drug-likeness (QED) is 0.729. The fraction of sp³-hybridized carbons (Fsp3) is 0.375.